The summed E-state index contributed by atoms with van der Waals surface area (Å²) in [6.45, 7) is 1.90. The topological polar surface area (TPSA) is 61.4 Å². The van der Waals surface area contributed by atoms with Gasteiger partial charge in [0.15, 0.2) is 0 Å². The van der Waals surface area contributed by atoms with Crippen molar-refractivity contribution in [2.45, 2.75) is 51.1 Å². The van der Waals surface area contributed by atoms with E-state index < -0.39 is 0 Å². The van der Waals surface area contributed by atoms with Crippen LogP contribution in [-0.4, -0.2) is 42.9 Å². The number of piperidine rings is 1. The molecule has 2 aliphatic heterocycles. The molecule has 2 saturated heterocycles. The van der Waals surface area contributed by atoms with Crippen molar-refractivity contribution in [3.63, 3.8) is 0 Å². The van der Waals surface area contributed by atoms with Gasteiger partial charge in [-0.1, -0.05) is 0 Å². The standard InChI is InChI=1S/C19H27N3O2.ClH/c1-12-8-14(6-7-17(12)19(24)22(2)3)21-18(23)11-13-9-15-4-5-16(10-13)20-15;/h6-8,13,15-16,20H,4-5,9-11H2,1-3H3,(H,21,23);1H. The molecule has 0 saturated carbocycles. The van der Waals surface area contributed by atoms with Crippen LogP contribution >= 0.6 is 12.4 Å². The fourth-order valence-electron chi connectivity index (χ4n) is 4.04. The van der Waals surface area contributed by atoms with Gasteiger partial charge in [-0.25, -0.2) is 0 Å². The number of aryl methyl sites for hydroxylation is 1. The highest BCUT2D eigenvalue weighted by molar-refractivity contribution is 5.97. The molecule has 0 aliphatic carbocycles. The number of fused-ring (bicyclic) bond motifs is 2. The summed E-state index contributed by atoms with van der Waals surface area (Å²) in [5, 5.41) is 6.60. The number of carbonyl (C=O) groups is 2. The van der Waals surface area contributed by atoms with Gasteiger partial charge in [-0.15, -0.1) is 12.4 Å². The molecule has 2 heterocycles. The molecule has 1 aromatic carbocycles. The third-order valence-electron chi connectivity index (χ3n) is 5.19. The van der Waals surface area contributed by atoms with Gasteiger partial charge in [0.2, 0.25) is 5.91 Å². The Bertz CT molecular complexity index is 636. The van der Waals surface area contributed by atoms with Gasteiger partial charge in [-0.05, 0) is 62.3 Å². The summed E-state index contributed by atoms with van der Waals surface area (Å²) in [6.07, 6.45) is 5.32. The number of hydrogen-bond donors (Lipinski definition) is 2. The summed E-state index contributed by atoms with van der Waals surface area (Å²) < 4.78 is 0. The average Bonchev–Trinajstić information content (AvgIpc) is 2.85. The number of nitrogens with zero attached hydrogens (tertiary/aromatic N) is 1. The maximum Gasteiger partial charge on any atom is 0.253 e. The zero-order valence-electron chi connectivity index (χ0n) is 15.2. The van der Waals surface area contributed by atoms with Crippen LogP contribution in [0.3, 0.4) is 0 Å². The fourth-order valence-corrected chi connectivity index (χ4v) is 4.04. The second kappa shape index (κ2) is 8.19. The molecule has 25 heavy (non-hydrogen) atoms. The molecule has 138 valence electrons. The number of rotatable bonds is 4. The Hall–Kier alpha value is -1.59. The van der Waals surface area contributed by atoms with Crippen LogP contribution < -0.4 is 10.6 Å². The van der Waals surface area contributed by atoms with Crippen molar-refractivity contribution in [1.29, 1.82) is 0 Å². The van der Waals surface area contributed by atoms with Crippen molar-refractivity contribution in [2.24, 2.45) is 5.92 Å². The maximum absolute atomic E-state index is 12.3. The van der Waals surface area contributed by atoms with Crippen molar-refractivity contribution < 1.29 is 9.59 Å². The number of benzene rings is 1. The normalized spacial score (nSPS) is 24.4. The first-order valence-electron chi connectivity index (χ1n) is 8.80. The van der Waals surface area contributed by atoms with E-state index in [9.17, 15) is 9.59 Å². The smallest absolute Gasteiger partial charge is 0.253 e. The number of carbonyl (C=O) groups excluding carboxylic acids is 2. The molecule has 6 heteroatoms. The zero-order valence-corrected chi connectivity index (χ0v) is 16.0. The lowest BCUT2D eigenvalue weighted by atomic mass is 9.89. The van der Waals surface area contributed by atoms with E-state index in [-0.39, 0.29) is 24.2 Å². The molecular weight excluding hydrogens is 338 g/mol. The lowest BCUT2D eigenvalue weighted by Crippen LogP contribution is -2.39. The molecule has 2 N–H and O–H groups in total. The molecule has 2 aliphatic rings. The van der Waals surface area contributed by atoms with E-state index in [2.05, 4.69) is 10.6 Å². The van der Waals surface area contributed by atoms with Crippen LogP contribution in [0.4, 0.5) is 5.69 Å². The van der Waals surface area contributed by atoms with Gasteiger partial charge < -0.3 is 15.5 Å². The Morgan fingerprint density at radius 1 is 1.20 bits per heavy atom. The molecule has 2 amide bonds. The highest BCUT2D eigenvalue weighted by atomic mass is 35.5. The Morgan fingerprint density at radius 3 is 2.40 bits per heavy atom. The van der Waals surface area contributed by atoms with Crippen LogP contribution in [0.15, 0.2) is 18.2 Å². The summed E-state index contributed by atoms with van der Waals surface area (Å²) in [5.41, 5.74) is 2.32. The Balaban J connectivity index is 0.00000225. The van der Waals surface area contributed by atoms with E-state index in [1.54, 1.807) is 25.1 Å². The molecule has 1 aromatic rings. The maximum atomic E-state index is 12.3. The number of anilines is 1. The van der Waals surface area contributed by atoms with E-state index in [0.717, 1.165) is 24.1 Å². The van der Waals surface area contributed by atoms with Crippen LogP contribution in [0.1, 0.15) is 48.0 Å². The van der Waals surface area contributed by atoms with Crippen molar-refractivity contribution in [2.75, 3.05) is 19.4 Å². The predicted molar refractivity (Wildman–Crippen MR) is 102 cm³/mol. The molecule has 5 nitrogen and oxygen atoms in total. The minimum Gasteiger partial charge on any atom is -0.345 e. The molecule has 0 radical (unpaired) electrons. The second-order valence-corrected chi connectivity index (χ2v) is 7.46. The lowest BCUT2D eigenvalue weighted by molar-refractivity contribution is -0.117. The minimum atomic E-state index is -0.0180. The molecule has 0 aromatic heterocycles. The van der Waals surface area contributed by atoms with Crippen molar-refractivity contribution >= 4 is 29.9 Å². The van der Waals surface area contributed by atoms with E-state index in [4.69, 9.17) is 0 Å². The summed E-state index contributed by atoms with van der Waals surface area (Å²) in [5.74, 6) is 0.544. The number of halogens is 1. The molecule has 3 rings (SSSR count). The minimum absolute atomic E-state index is 0. The predicted octanol–water partition coefficient (Wildman–Crippen LogP) is 2.98. The molecule has 2 unspecified atom stereocenters. The highest BCUT2D eigenvalue weighted by Gasteiger charge is 2.34. The summed E-state index contributed by atoms with van der Waals surface area (Å²) >= 11 is 0. The fraction of sp³-hybridized carbons (Fsp3) is 0.579. The zero-order chi connectivity index (χ0) is 17.3. The highest BCUT2D eigenvalue weighted by Crippen LogP contribution is 2.32. The van der Waals surface area contributed by atoms with Gasteiger partial charge in [-0.3, -0.25) is 9.59 Å². The van der Waals surface area contributed by atoms with E-state index in [1.165, 1.54) is 12.8 Å². The van der Waals surface area contributed by atoms with Gasteiger partial charge in [0, 0.05) is 43.9 Å². The molecular formula is C19H28ClN3O2. The Kier molecular flexibility index (Phi) is 6.47. The first-order chi connectivity index (χ1) is 11.4. The largest absolute Gasteiger partial charge is 0.345 e. The molecule has 2 fully saturated rings. The summed E-state index contributed by atoms with van der Waals surface area (Å²) in [7, 11) is 3.48. The van der Waals surface area contributed by atoms with E-state index in [1.807, 2.05) is 19.1 Å². The third-order valence-corrected chi connectivity index (χ3v) is 5.19. The SMILES string of the molecule is Cc1cc(NC(=O)CC2CC3CCC(C2)N3)ccc1C(=O)N(C)C.Cl. The Labute approximate surface area is 155 Å². The number of hydrogen-bond acceptors (Lipinski definition) is 3. The molecule has 2 atom stereocenters. The van der Waals surface area contributed by atoms with Gasteiger partial charge in [-0.2, -0.15) is 0 Å². The average molecular weight is 366 g/mol. The van der Waals surface area contributed by atoms with Crippen LogP contribution in [0.5, 0.6) is 0 Å². The number of nitrogens with one attached hydrogen (secondary N) is 2. The Morgan fingerprint density at radius 2 is 1.84 bits per heavy atom. The monoisotopic (exact) mass is 365 g/mol. The van der Waals surface area contributed by atoms with E-state index in [0.29, 0.717) is 30.0 Å². The van der Waals surface area contributed by atoms with Crippen molar-refractivity contribution in [3.05, 3.63) is 29.3 Å². The van der Waals surface area contributed by atoms with Crippen molar-refractivity contribution in [3.8, 4) is 0 Å². The van der Waals surface area contributed by atoms with E-state index >= 15 is 0 Å². The van der Waals surface area contributed by atoms with Crippen LogP contribution in [0.2, 0.25) is 0 Å². The van der Waals surface area contributed by atoms with Crippen LogP contribution in [0.25, 0.3) is 0 Å². The molecule has 2 bridgehead atoms. The first kappa shape index (κ1) is 19.7. The quantitative estimate of drug-likeness (QED) is 0.862. The van der Waals surface area contributed by atoms with Crippen LogP contribution in [-0.2, 0) is 4.79 Å². The van der Waals surface area contributed by atoms with Gasteiger partial charge >= 0.3 is 0 Å². The number of amides is 2. The summed E-state index contributed by atoms with van der Waals surface area (Å²) in [4.78, 5) is 26.0. The van der Waals surface area contributed by atoms with Gasteiger partial charge in [0.1, 0.15) is 0 Å². The summed E-state index contributed by atoms with van der Waals surface area (Å²) in [6, 6.07) is 6.70. The van der Waals surface area contributed by atoms with Gasteiger partial charge in [0.25, 0.3) is 5.91 Å². The molecule has 0 spiro atoms. The van der Waals surface area contributed by atoms with Crippen LogP contribution in [0, 0.1) is 12.8 Å². The van der Waals surface area contributed by atoms with Crippen molar-refractivity contribution in [1.82, 2.24) is 10.2 Å². The first-order valence-corrected chi connectivity index (χ1v) is 8.80. The third kappa shape index (κ3) is 4.73. The second-order valence-electron chi connectivity index (χ2n) is 7.46. The van der Waals surface area contributed by atoms with Gasteiger partial charge in [0.05, 0.1) is 0 Å². The lowest BCUT2D eigenvalue weighted by Gasteiger charge is -2.28.